The van der Waals surface area contributed by atoms with E-state index in [0.717, 1.165) is 12.0 Å². The summed E-state index contributed by atoms with van der Waals surface area (Å²) in [5, 5.41) is 0. The van der Waals surface area contributed by atoms with Gasteiger partial charge >= 0.3 is 17.9 Å². The number of cyclic esters (lactones) is 2. The SMILES string of the molecule is CC1=CC(=O)OCC2CC(C)=CC3O[C@H]4CC(OC(=O)C=CC=CC(=O)OCC1)[C@@](C)(C23)C41CO1. The van der Waals surface area contributed by atoms with Gasteiger partial charge in [-0.15, -0.1) is 0 Å². The number of epoxide rings is 1. The smallest absolute Gasteiger partial charge is 0.331 e. The van der Waals surface area contributed by atoms with E-state index in [1.807, 2.05) is 0 Å². The Hall–Kier alpha value is -2.71. The van der Waals surface area contributed by atoms with Crippen LogP contribution in [0.4, 0.5) is 0 Å². The molecule has 2 bridgehead atoms. The van der Waals surface area contributed by atoms with Crippen molar-refractivity contribution in [3.8, 4) is 0 Å². The molecule has 8 heteroatoms. The van der Waals surface area contributed by atoms with Gasteiger partial charge in [0.1, 0.15) is 11.7 Å². The second kappa shape index (κ2) is 9.06. The summed E-state index contributed by atoms with van der Waals surface area (Å²) in [7, 11) is 0. The minimum absolute atomic E-state index is 0.00417. The zero-order valence-electron chi connectivity index (χ0n) is 20.4. The number of carbonyl (C=O) groups is 3. The lowest BCUT2D eigenvalue weighted by atomic mass is 9.57. The topological polar surface area (TPSA) is 101 Å². The fraction of sp³-hybridized carbons (Fsp3) is 0.593. The Morgan fingerprint density at radius 2 is 1.69 bits per heavy atom. The number of rotatable bonds is 0. The average molecular weight is 485 g/mol. The molecule has 7 atom stereocenters. The Morgan fingerprint density at radius 3 is 2.43 bits per heavy atom. The maximum atomic E-state index is 12.7. The third-order valence-electron chi connectivity index (χ3n) is 8.27. The van der Waals surface area contributed by atoms with E-state index in [-0.39, 0.29) is 37.3 Å². The molecule has 3 aliphatic heterocycles. The fourth-order valence-corrected chi connectivity index (χ4v) is 6.54. The summed E-state index contributed by atoms with van der Waals surface area (Å²) >= 11 is 0. The molecule has 2 aliphatic carbocycles. The van der Waals surface area contributed by atoms with Crippen molar-refractivity contribution >= 4 is 17.9 Å². The molecule has 5 unspecified atom stereocenters. The van der Waals surface area contributed by atoms with Gasteiger partial charge in [-0.1, -0.05) is 36.3 Å². The van der Waals surface area contributed by atoms with Crippen molar-refractivity contribution < 1.29 is 38.1 Å². The highest BCUT2D eigenvalue weighted by molar-refractivity contribution is 5.85. The molecule has 1 saturated carbocycles. The first-order chi connectivity index (χ1) is 16.7. The third-order valence-corrected chi connectivity index (χ3v) is 8.27. The molecule has 5 aliphatic rings. The van der Waals surface area contributed by atoms with Gasteiger partial charge in [0.15, 0.2) is 0 Å². The van der Waals surface area contributed by atoms with Gasteiger partial charge < -0.3 is 23.7 Å². The Kier molecular flexibility index (Phi) is 6.21. The first kappa shape index (κ1) is 24.0. The van der Waals surface area contributed by atoms with Crippen molar-refractivity contribution in [2.24, 2.45) is 17.3 Å². The van der Waals surface area contributed by atoms with E-state index in [9.17, 15) is 14.4 Å². The molecule has 0 aromatic carbocycles. The van der Waals surface area contributed by atoms with Crippen LogP contribution in [-0.2, 0) is 38.1 Å². The molecular formula is C27H32O8. The van der Waals surface area contributed by atoms with E-state index in [1.165, 1.54) is 36.0 Å². The van der Waals surface area contributed by atoms with Gasteiger partial charge in [-0.05, 0) is 20.3 Å². The van der Waals surface area contributed by atoms with Crippen LogP contribution in [0.3, 0.4) is 0 Å². The van der Waals surface area contributed by atoms with Gasteiger partial charge in [0.05, 0.1) is 32.0 Å². The lowest BCUT2D eigenvalue weighted by Gasteiger charge is -2.52. The quantitative estimate of drug-likeness (QED) is 0.224. The van der Waals surface area contributed by atoms with Crippen LogP contribution in [-0.4, -0.2) is 61.6 Å². The molecule has 3 fully saturated rings. The van der Waals surface area contributed by atoms with Crippen molar-refractivity contribution in [2.75, 3.05) is 19.8 Å². The van der Waals surface area contributed by atoms with E-state index < -0.39 is 35.0 Å². The molecule has 188 valence electrons. The molecule has 0 aromatic rings. The van der Waals surface area contributed by atoms with E-state index >= 15 is 0 Å². The van der Waals surface area contributed by atoms with Crippen molar-refractivity contribution in [3.63, 3.8) is 0 Å². The van der Waals surface area contributed by atoms with E-state index in [4.69, 9.17) is 23.7 Å². The number of hydrogen-bond acceptors (Lipinski definition) is 8. The summed E-state index contributed by atoms with van der Waals surface area (Å²) in [5.74, 6) is -1.49. The number of carbonyl (C=O) groups excluding carboxylic acids is 3. The molecule has 3 heterocycles. The molecule has 0 amide bonds. The number of hydrogen-bond donors (Lipinski definition) is 0. The summed E-state index contributed by atoms with van der Waals surface area (Å²) in [6.45, 7) is 6.93. The Bertz CT molecular complexity index is 1030. The molecule has 0 radical (unpaired) electrons. The van der Waals surface area contributed by atoms with E-state index in [0.29, 0.717) is 19.4 Å². The summed E-state index contributed by atoms with van der Waals surface area (Å²) in [4.78, 5) is 37.1. The highest BCUT2D eigenvalue weighted by atomic mass is 16.6. The molecular weight excluding hydrogens is 452 g/mol. The average Bonchev–Trinajstić information content (AvgIpc) is 3.57. The highest BCUT2D eigenvalue weighted by Gasteiger charge is 2.79. The van der Waals surface area contributed by atoms with Gasteiger partial charge in [-0.2, -0.15) is 0 Å². The third kappa shape index (κ3) is 4.27. The van der Waals surface area contributed by atoms with Gasteiger partial charge in [0.2, 0.25) is 0 Å². The molecule has 0 aromatic heterocycles. The van der Waals surface area contributed by atoms with Gasteiger partial charge in [0, 0.05) is 48.3 Å². The van der Waals surface area contributed by atoms with Crippen LogP contribution in [0.25, 0.3) is 0 Å². The van der Waals surface area contributed by atoms with Crippen LogP contribution in [0.15, 0.2) is 47.6 Å². The van der Waals surface area contributed by atoms with Crippen LogP contribution >= 0.6 is 0 Å². The van der Waals surface area contributed by atoms with Crippen LogP contribution in [0.2, 0.25) is 0 Å². The van der Waals surface area contributed by atoms with Crippen molar-refractivity contribution in [2.45, 2.75) is 63.9 Å². The number of allylic oxidation sites excluding steroid dienone is 3. The zero-order chi connectivity index (χ0) is 24.8. The van der Waals surface area contributed by atoms with Gasteiger partial charge in [-0.3, -0.25) is 0 Å². The van der Waals surface area contributed by atoms with E-state index in [1.54, 1.807) is 6.92 Å². The minimum atomic E-state index is -0.531. The summed E-state index contributed by atoms with van der Waals surface area (Å²) in [6, 6.07) is 0. The van der Waals surface area contributed by atoms with Gasteiger partial charge in [0.25, 0.3) is 0 Å². The second-order valence-electron chi connectivity index (χ2n) is 10.5. The van der Waals surface area contributed by atoms with Crippen LogP contribution < -0.4 is 0 Å². The van der Waals surface area contributed by atoms with Crippen LogP contribution in [0.1, 0.15) is 40.0 Å². The van der Waals surface area contributed by atoms with Crippen LogP contribution in [0.5, 0.6) is 0 Å². The normalized spacial score (nSPS) is 41.6. The lowest BCUT2D eigenvalue weighted by molar-refractivity contribution is -0.187. The molecule has 1 spiro atoms. The Labute approximate surface area is 204 Å². The predicted molar refractivity (Wildman–Crippen MR) is 124 cm³/mol. The Balaban J connectivity index is 1.47. The molecule has 0 N–H and O–H groups in total. The first-order valence-corrected chi connectivity index (χ1v) is 12.3. The lowest BCUT2D eigenvalue weighted by Crippen LogP contribution is -2.60. The van der Waals surface area contributed by atoms with Gasteiger partial charge in [-0.25, -0.2) is 14.4 Å². The first-order valence-electron chi connectivity index (χ1n) is 12.3. The molecule has 8 nitrogen and oxygen atoms in total. The second-order valence-corrected chi connectivity index (χ2v) is 10.5. The Morgan fingerprint density at radius 1 is 0.943 bits per heavy atom. The summed E-state index contributed by atoms with van der Waals surface area (Å²) in [6.07, 6.45) is 10.1. The van der Waals surface area contributed by atoms with Crippen molar-refractivity contribution in [1.82, 2.24) is 0 Å². The standard InChI is InChI=1S/C27H32O8/c1-16-8-9-31-22(28)6-4-5-7-23(29)35-20-13-21-27(15-33-27)26(20,3)25-18(14-32-24(30)12-16)10-17(2)11-19(25)34-21/h4-7,11-12,18-21,25H,8-10,13-15H2,1-3H3/t18?,19?,20?,21-,25?,26-,27?/m0/s1. The maximum Gasteiger partial charge on any atom is 0.331 e. The number of ether oxygens (including phenoxy) is 5. The largest absolute Gasteiger partial charge is 0.462 e. The molecule has 2 saturated heterocycles. The number of esters is 3. The fourth-order valence-electron chi connectivity index (χ4n) is 6.54. The summed E-state index contributed by atoms with van der Waals surface area (Å²) < 4.78 is 29.4. The predicted octanol–water partition coefficient (Wildman–Crippen LogP) is 2.98. The summed E-state index contributed by atoms with van der Waals surface area (Å²) in [5.41, 5.74) is 0.965. The maximum absolute atomic E-state index is 12.7. The highest BCUT2D eigenvalue weighted by Crippen LogP contribution is 2.68. The monoisotopic (exact) mass is 484 g/mol. The van der Waals surface area contributed by atoms with E-state index in [2.05, 4.69) is 19.9 Å². The zero-order valence-corrected chi connectivity index (χ0v) is 20.4. The minimum Gasteiger partial charge on any atom is -0.462 e. The van der Waals surface area contributed by atoms with Crippen molar-refractivity contribution in [3.05, 3.63) is 47.6 Å². The van der Waals surface area contributed by atoms with Crippen LogP contribution in [0, 0.1) is 17.3 Å². The molecule has 35 heavy (non-hydrogen) atoms. The molecule has 5 rings (SSSR count). The van der Waals surface area contributed by atoms with Crippen molar-refractivity contribution in [1.29, 1.82) is 0 Å².